The van der Waals surface area contributed by atoms with Crippen LogP contribution in [0, 0.1) is 13.8 Å². The zero-order valence-electron chi connectivity index (χ0n) is 14.0. The van der Waals surface area contributed by atoms with Gasteiger partial charge in [-0.1, -0.05) is 18.2 Å². The molecule has 2 aromatic carbocycles. The van der Waals surface area contributed by atoms with Crippen molar-refractivity contribution < 1.29 is 14.6 Å². The maximum atomic E-state index is 12.2. The van der Waals surface area contributed by atoms with Gasteiger partial charge in [-0.2, -0.15) is 0 Å². The second-order valence-corrected chi connectivity index (χ2v) is 5.67. The highest BCUT2D eigenvalue weighted by Gasteiger charge is 2.14. The molecule has 1 amide bonds. The van der Waals surface area contributed by atoms with Gasteiger partial charge < -0.3 is 15.2 Å². The topological polar surface area (TPSA) is 71.5 Å². The van der Waals surface area contributed by atoms with Gasteiger partial charge in [-0.05, 0) is 61.4 Å². The number of hydrogen-bond acceptors (Lipinski definition) is 4. The molecule has 0 unspecified atom stereocenters. The van der Waals surface area contributed by atoms with Crippen LogP contribution in [0.2, 0.25) is 0 Å². The summed E-state index contributed by atoms with van der Waals surface area (Å²) in [4.78, 5) is 16.2. The van der Waals surface area contributed by atoms with E-state index in [1.807, 2.05) is 31.2 Å². The summed E-state index contributed by atoms with van der Waals surface area (Å²) in [5.41, 5.74) is 2.23. The number of nitrogens with zero attached hydrogens (tertiary/aromatic N) is 1. The normalized spacial score (nSPS) is 10.3. The fraction of sp³-hybridized carbons (Fsp3) is 0.100. The lowest BCUT2D eigenvalue weighted by Crippen LogP contribution is -2.14. The van der Waals surface area contributed by atoms with E-state index in [0.29, 0.717) is 17.0 Å². The Labute approximate surface area is 145 Å². The van der Waals surface area contributed by atoms with Gasteiger partial charge in [-0.25, -0.2) is 4.98 Å². The van der Waals surface area contributed by atoms with Gasteiger partial charge in [0.15, 0.2) is 5.69 Å². The van der Waals surface area contributed by atoms with Crippen molar-refractivity contribution >= 4 is 11.6 Å². The molecule has 1 heterocycles. The van der Waals surface area contributed by atoms with Crippen molar-refractivity contribution in [2.45, 2.75) is 13.8 Å². The third-order valence-electron chi connectivity index (χ3n) is 3.77. The number of carbonyl (C=O) groups excluding carboxylic acids is 1. The lowest BCUT2D eigenvalue weighted by atomic mass is 10.2. The van der Waals surface area contributed by atoms with Gasteiger partial charge in [0.2, 0.25) is 0 Å². The van der Waals surface area contributed by atoms with E-state index in [0.717, 1.165) is 11.3 Å². The van der Waals surface area contributed by atoms with Gasteiger partial charge in [-0.3, -0.25) is 4.79 Å². The SMILES string of the molecule is Cc1ccccc1Oc1ccc(NC(=O)c2nccc(C)c2O)cc1. The molecule has 3 aromatic rings. The molecule has 0 saturated heterocycles. The lowest BCUT2D eigenvalue weighted by Gasteiger charge is -2.10. The van der Waals surface area contributed by atoms with E-state index >= 15 is 0 Å². The third kappa shape index (κ3) is 3.77. The average molecular weight is 334 g/mol. The van der Waals surface area contributed by atoms with E-state index in [-0.39, 0.29) is 11.4 Å². The van der Waals surface area contributed by atoms with Crippen molar-refractivity contribution in [3.05, 3.63) is 77.6 Å². The first-order valence-electron chi connectivity index (χ1n) is 7.84. The average Bonchev–Trinajstić information content (AvgIpc) is 2.61. The van der Waals surface area contributed by atoms with Gasteiger partial charge in [0.1, 0.15) is 17.2 Å². The molecule has 0 aliphatic rings. The number of rotatable bonds is 4. The number of pyridine rings is 1. The quantitative estimate of drug-likeness (QED) is 0.739. The number of aryl methyl sites for hydroxylation is 2. The summed E-state index contributed by atoms with van der Waals surface area (Å²) in [7, 11) is 0. The number of benzene rings is 2. The van der Waals surface area contributed by atoms with E-state index in [1.54, 1.807) is 37.3 Å². The molecule has 0 aliphatic carbocycles. The van der Waals surface area contributed by atoms with Gasteiger partial charge in [-0.15, -0.1) is 0 Å². The first kappa shape index (κ1) is 16.5. The molecule has 5 nitrogen and oxygen atoms in total. The first-order valence-corrected chi connectivity index (χ1v) is 7.84. The number of aromatic nitrogens is 1. The van der Waals surface area contributed by atoms with Crippen LogP contribution >= 0.6 is 0 Å². The smallest absolute Gasteiger partial charge is 0.278 e. The molecule has 1 aromatic heterocycles. The monoisotopic (exact) mass is 334 g/mol. The molecule has 25 heavy (non-hydrogen) atoms. The summed E-state index contributed by atoms with van der Waals surface area (Å²) < 4.78 is 5.82. The summed E-state index contributed by atoms with van der Waals surface area (Å²) in [5, 5.41) is 12.6. The Bertz CT molecular complexity index is 905. The largest absolute Gasteiger partial charge is 0.505 e. The number of carbonyl (C=O) groups is 1. The van der Waals surface area contributed by atoms with Crippen LogP contribution in [-0.4, -0.2) is 16.0 Å². The Hall–Kier alpha value is -3.34. The fourth-order valence-corrected chi connectivity index (χ4v) is 2.31. The Morgan fingerprint density at radius 3 is 2.44 bits per heavy atom. The van der Waals surface area contributed by atoms with Gasteiger partial charge >= 0.3 is 0 Å². The fourth-order valence-electron chi connectivity index (χ4n) is 2.31. The van der Waals surface area contributed by atoms with Crippen molar-refractivity contribution in [3.8, 4) is 17.2 Å². The molecular weight excluding hydrogens is 316 g/mol. The van der Waals surface area contributed by atoms with Crippen LogP contribution in [0.15, 0.2) is 60.8 Å². The summed E-state index contributed by atoms with van der Waals surface area (Å²) >= 11 is 0. The van der Waals surface area contributed by atoms with Crippen molar-refractivity contribution in [3.63, 3.8) is 0 Å². The standard InChI is InChI=1S/C20H18N2O3/c1-13-5-3-4-6-17(13)25-16-9-7-15(8-10-16)22-20(24)18-19(23)14(2)11-12-21-18/h3-12,23H,1-2H3,(H,22,24). The number of hydrogen-bond donors (Lipinski definition) is 2. The molecule has 126 valence electrons. The molecule has 5 heteroatoms. The van der Waals surface area contributed by atoms with Crippen LogP contribution in [0.5, 0.6) is 17.2 Å². The van der Waals surface area contributed by atoms with Gasteiger partial charge in [0.05, 0.1) is 0 Å². The molecule has 0 radical (unpaired) electrons. The second-order valence-electron chi connectivity index (χ2n) is 5.67. The van der Waals surface area contributed by atoms with E-state index < -0.39 is 5.91 Å². The second kappa shape index (κ2) is 7.05. The zero-order valence-corrected chi connectivity index (χ0v) is 14.0. The summed E-state index contributed by atoms with van der Waals surface area (Å²) in [6.07, 6.45) is 1.49. The maximum absolute atomic E-state index is 12.2. The van der Waals surface area contributed by atoms with Crippen LogP contribution in [0.1, 0.15) is 21.6 Å². The third-order valence-corrected chi connectivity index (χ3v) is 3.77. The minimum absolute atomic E-state index is 0.000219. The van der Waals surface area contributed by atoms with Crippen molar-refractivity contribution in [2.75, 3.05) is 5.32 Å². The molecule has 0 saturated carbocycles. The van der Waals surface area contributed by atoms with E-state index in [1.165, 1.54) is 6.20 Å². The maximum Gasteiger partial charge on any atom is 0.278 e. The molecule has 2 N–H and O–H groups in total. The summed E-state index contributed by atoms with van der Waals surface area (Å²) in [5.74, 6) is 0.880. The van der Waals surface area contributed by atoms with Crippen LogP contribution < -0.4 is 10.1 Å². The number of amides is 1. The molecule has 3 rings (SSSR count). The van der Waals surface area contributed by atoms with Crippen molar-refractivity contribution in [2.24, 2.45) is 0 Å². The first-order chi connectivity index (χ1) is 12.0. The highest BCUT2D eigenvalue weighted by Crippen LogP contribution is 2.26. The number of aromatic hydroxyl groups is 1. The lowest BCUT2D eigenvalue weighted by molar-refractivity contribution is 0.101. The van der Waals surface area contributed by atoms with Crippen LogP contribution in [0.25, 0.3) is 0 Å². The Kier molecular flexibility index (Phi) is 4.66. The van der Waals surface area contributed by atoms with Gasteiger partial charge in [0.25, 0.3) is 5.91 Å². The summed E-state index contributed by atoms with van der Waals surface area (Å²) in [6.45, 7) is 3.69. The van der Waals surface area contributed by atoms with Crippen LogP contribution in [0.4, 0.5) is 5.69 Å². The number of anilines is 1. The Morgan fingerprint density at radius 1 is 1.00 bits per heavy atom. The van der Waals surface area contributed by atoms with Crippen LogP contribution in [-0.2, 0) is 0 Å². The highest BCUT2D eigenvalue weighted by molar-refractivity contribution is 6.04. The van der Waals surface area contributed by atoms with E-state index in [9.17, 15) is 9.90 Å². The molecule has 0 spiro atoms. The highest BCUT2D eigenvalue weighted by atomic mass is 16.5. The Morgan fingerprint density at radius 2 is 1.72 bits per heavy atom. The van der Waals surface area contributed by atoms with Gasteiger partial charge in [0, 0.05) is 11.9 Å². The zero-order chi connectivity index (χ0) is 17.8. The minimum atomic E-state index is -0.464. The van der Waals surface area contributed by atoms with E-state index in [4.69, 9.17) is 4.74 Å². The molecule has 0 fully saturated rings. The van der Waals surface area contributed by atoms with Crippen LogP contribution in [0.3, 0.4) is 0 Å². The predicted molar refractivity (Wildman–Crippen MR) is 96.3 cm³/mol. The Balaban J connectivity index is 1.71. The molecule has 0 atom stereocenters. The summed E-state index contributed by atoms with van der Waals surface area (Å²) in [6, 6.07) is 16.4. The van der Waals surface area contributed by atoms with Crippen molar-refractivity contribution in [1.29, 1.82) is 0 Å². The predicted octanol–water partition coefficient (Wildman–Crippen LogP) is 4.45. The number of para-hydroxylation sites is 1. The molecule has 0 aliphatic heterocycles. The number of ether oxygens (including phenoxy) is 1. The minimum Gasteiger partial charge on any atom is -0.505 e. The van der Waals surface area contributed by atoms with Crippen molar-refractivity contribution in [1.82, 2.24) is 4.98 Å². The molecule has 0 bridgehead atoms. The molecular formula is C20H18N2O3. The van der Waals surface area contributed by atoms with E-state index in [2.05, 4.69) is 10.3 Å². The number of nitrogens with one attached hydrogen (secondary N) is 1.